The highest BCUT2D eigenvalue weighted by atomic mass is 16.2. The standard InChI is InChI=1S/C21H33NO3/c1-4-5-6-17(18(23)13(2)3)19(24)20(25)22-21-10-14-7-15(11-21)9-16(8-14)12-21/h13-17H,4-12H2,1-3H3,(H,22,25). The zero-order chi connectivity index (χ0) is 18.2. The molecule has 0 aliphatic heterocycles. The maximum Gasteiger partial charge on any atom is 0.288 e. The molecule has 4 fully saturated rings. The van der Waals surface area contributed by atoms with Crippen LogP contribution in [0.5, 0.6) is 0 Å². The first-order valence-electron chi connectivity index (χ1n) is 10.2. The minimum Gasteiger partial charge on any atom is -0.344 e. The maximum absolute atomic E-state index is 12.8. The molecule has 4 bridgehead atoms. The van der Waals surface area contributed by atoms with Crippen molar-refractivity contribution in [1.82, 2.24) is 5.32 Å². The van der Waals surface area contributed by atoms with Gasteiger partial charge in [0.2, 0.25) is 5.78 Å². The second-order valence-electron chi connectivity index (χ2n) is 9.27. The molecule has 1 unspecified atom stereocenters. The summed E-state index contributed by atoms with van der Waals surface area (Å²) in [6, 6.07) is 0. The number of ketones is 2. The van der Waals surface area contributed by atoms with E-state index in [1.165, 1.54) is 19.3 Å². The number of hydrogen-bond donors (Lipinski definition) is 1. The maximum atomic E-state index is 12.8. The second-order valence-corrected chi connectivity index (χ2v) is 9.27. The summed E-state index contributed by atoms with van der Waals surface area (Å²) >= 11 is 0. The third kappa shape index (κ3) is 3.83. The Kier molecular flexibility index (Phi) is 5.36. The van der Waals surface area contributed by atoms with E-state index in [4.69, 9.17) is 0 Å². The normalized spacial score (nSPS) is 34.2. The van der Waals surface area contributed by atoms with Crippen LogP contribution >= 0.6 is 0 Å². The molecule has 140 valence electrons. The van der Waals surface area contributed by atoms with Crippen molar-refractivity contribution in [3.63, 3.8) is 0 Å². The molecular formula is C21H33NO3. The van der Waals surface area contributed by atoms with Crippen LogP contribution in [0.1, 0.15) is 78.6 Å². The van der Waals surface area contributed by atoms with Gasteiger partial charge >= 0.3 is 0 Å². The molecule has 4 heteroatoms. The molecule has 1 amide bonds. The molecule has 0 saturated heterocycles. The molecule has 4 aliphatic carbocycles. The topological polar surface area (TPSA) is 63.2 Å². The van der Waals surface area contributed by atoms with Crippen LogP contribution in [0.15, 0.2) is 0 Å². The number of Topliss-reactive ketones (excluding diaryl/α,β-unsaturated/α-hetero) is 2. The summed E-state index contributed by atoms with van der Waals surface area (Å²) in [6.07, 6.45) is 9.20. The number of unbranched alkanes of at least 4 members (excludes halogenated alkanes) is 1. The summed E-state index contributed by atoms with van der Waals surface area (Å²) in [6.45, 7) is 5.66. The predicted octanol–water partition coefficient (Wildman–Crippen LogP) is 3.67. The van der Waals surface area contributed by atoms with Crippen LogP contribution < -0.4 is 5.32 Å². The third-order valence-electron chi connectivity index (χ3n) is 6.72. The Balaban J connectivity index is 1.68. The van der Waals surface area contributed by atoms with E-state index in [1.54, 1.807) is 0 Å². The fourth-order valence-corrected chi connectivity index (χ4v) is 5.94. The first kappa shape index (κ1) is 18.6. The van der Waals surface area contributed by atoms with Gasteiger partial charge in [-0.25, -0.2) is 0 Å². The molecule has 4 saturated carbocycles. The number of carbonyl (C=O) groups is 3. The Hall–Kier alpha value is -1.19. The van der Waals surface area contributed by atoms with Gasteiger partial charge in [0.1, 0.15) is 5.78 Å². The summed E-state index contributed by atoms with van der Waals surface area (Å²) in [5.41, 5.74) is -0.169. The van der Waals surface area contributed by atoms with Gasteiger partial charge in [-0.15, -0.1) is 0 Å². The molecule has 4 nitrogen and oxygen atoms in total. The molecule has 0 aromatic carbocycles. The summed E-state index contributed by atoms with van der Waals surface area (Å²) in [4.78, 5) is 38.0. The molecule has 1 N–H and O–H groups in total. The average Bonchev–Trinajstić information content (AvgIpc) is 2.52. The highest BCUT2D eigenvalue weighted by Crippen LogP contribution is 2.55. The largest absolute Gasteiger partial charge is 0.344 e. The molecule has 25 heavy (non-hydrogen) atoms. The minimum atomic E-state index is -0.756. The SMILES string of the molecule is CCCCC(C(=O)C(=O)NC12CC3CC(CC(C3)C1)C2)C(=O)C(C)C. The Morgan fingerprint density at radius 1 is 1.00 bits per heavy atom. The zero-order valence-corrected chi connectivity index (χ0v) is 16.0. The van der Waals surface area contributed by atoms with E-state index in [0.717, 1.165) is 49.9 Å². The van der Waals surface area contributed by atoms with Crippen molar-refractivity contribution < 1.29 is 14.4 Å². The van der Waals surface area contributed by atoms with E-state index in [-0.39, 0.29) is 17.2 Å². The molecule has 0 aromatic rings. The highest BCUT2D eigenvalue weighted by Gasteiger charge is 2.52. The van der Waals surface area contributed by atoms with E-state index < -0.39 is 17.6 Å². The average molecular weight is 347 g/mol. The molecule has 1 atom stereocenters. The summed E-state index contributed by atoms with van der Waals surface area (Å²) in [7, 11) is 0. The number of amides is 1. The molecule has 0 spiro atoms. The van der Waals surface area contributed by atoms with E-state index in [2.05, 4.69) is 5.32 Å². The lowest BCUT2D eigenvalue weighted by atomic mass is 9.53. The molecule has 0 aromatic heterocycles. The quantitative estimate of drug-likeness (QED) is 0.538. The van der Waals surface area contributed by atoms with Crippen molar-refractivity contribution in [3.05, 3.63) is 0 Å². The van der Waals surface area contributed by atoms with Crippen LogP contribution in [0.4, 0.5) is 0 Å². The van der Waals surface area contributed by atoms with Gasteiger partial charge in [0, 0.05) is 11.5 Å². The zero-order valence-electron chi connectivity index (χ0n) is 16.0. The van der Waals surface area contributed by atoms with E-state index in [1.807, 2.05) is 20.8 Å². The molecule has 0 radical (unpaired) electrons. The number of carbonyl (C=O) groups excluding carboxylic acids is 3. The van der Waals surface area contributed by atoms with Crippen LogP contribution in [0.2, 0.25) is 0 Å². The van der Waals surface area contributed by atoms with Crippen LogP contribution in [0, 0.1) is 29.6 Å². The Morgan fingerprint density at radius 3 is 1.96 bits per heavy atom. The van der Waals surface area contributed by atoms with Crippen LogP contribution in [-0.2, 0) is 14.4 Å². The van der Waals surface area contributed by atoms with Crippen LogP contribution in [-0.4, -0.2) is 23.0 Å². The van der Waals surface area contributed by atoms with Gasteiger partial charge in [-0.1, -0.05) is 33.6 Å². The van der Waals surface area contributed by atoms with Gasteiger partial charge < -0.3 is 5.32 Å². The van der Waals surface area contributed by atoms with E-state index in [9.17, 15) is 14.4 Å². The lowest BCUT2D eigenvalue weighted by Crippen LogP contribution is -2.61. The van der Waals surface area contributed by atoms with Crippen LogP contribution in [0.25, 0.3) is 0 Å². The summed E-state index contributed by atoms with van der Waals surface area (Å²) in [5.74, 6) is 0.102. The number of hydrogen-bond acceptors (Lipinski definition) is 3. The van der Waals surface area contributed by atoms with Crippen molar-refractivity contribution in [1.29, 1.82) is 0 Å². The summed E-state index contributed by atoms with van der Waals surface area (Å²) in [5, 5.41) is 3.13. The van der Waals surface area contributed by atoms with E-state index in [0.29, 0.717) is 6.42 Å². The van der Waals surface area contributed by atoms with Crippen molar-refractivity contribution >= 4 is 17.5 Å². The Morgan fingerprint density at radius 2 is 1.52 bits per heavy atom. The highest BCUT2D eigenvalue weighted by molar-refractivity contribution is 6.40. The molecule has 4 rings (SSSR count). The van der Waals surface area contributed by atoms with Crippen molar-refractivity contribution in [2.24, 2.45) is 29.6 Å². The lowest BCUT2D eigenvalue weighted by Gasteiger charge is -2.56. The first-order valence-corrected chi connectivity index (χ1v) is 10.2. The fourth-order valence-electron chi connectivity index (χ4n) is 5.94. The molecule has 0 heterocycles. The Labute approximate surface area is 151 Å². The van der Waals surface area contributed by atoms with Gasteiger partial charge in [-0.05, 0) is 62.7 Å². The molecule has 4 aliphatic rings. The Bertz CT molecular complexity index is 516. The van der Waals surface area contributed by atoms with Gasteiger partial charge in [0.15, 0.2) is 0 Å². The number of rotatable bonds is 8. The second kappa shape index (κ2) is 7.20. The lowest BCUT2D eigenvalue weighted by molar-refractivity contribution is -0.147. The molecular weight excluding hydrogens is 314 g/mol. The van der Waals surface area contributed by atoms with Crippen LogP contribution in [0.3, 0.4) is 0 Å². The first-order chi connectivity index (χ1) is 11.8. The number of nitrogens with one attached hydrogen (secondary N) is 1. The smallest absolute Gasteiger partial charge is 0.288 e. The minimum absolute atomic E-state index is 0.0842. The summed E-state index contributed by atoms with van der Waals surface area (Å²) < 4.78 is 0. The van der Waals surface area contributed by atoms with Gasteiger partial charge in [0.25, 0.3) is 5.91 Å². The van der Waals surface area contributed by atoms with Crippen molar-refractivity contribution in [2.45, 2.75) is 84.1 Å². The van der Waals surface area contributed by atoms with E-state index >= 15 is 0 Å². The van der Waals surface area contributed by atoms with Crippen molar-refractivity contribution in [2.75, 3.05) is 0 Å². The monoisotopic (exact) mass is 347 g/mol. The van der Waals surface area contributed by atoms with Crippen molar-refractivity contribution in [3.8, 4) is 0 Å². The predicted molar refractivity (Wildman–Crippen MR) is 96.9 cm³/mol. The third-order valence-corrected chi connectivity index (χ3v) is 6.72. The fraction of sp³-hybridized carbons (Fsp3) is 0.857. The van der Waals surface area contributed by atoms with Gasteiger partial charge in [-0.2, -0.15) is 0 Å². The van der Waals surface area contributed by atoms with Gasteiger partial charge in [-0.3, -0.25) is 14.4 Å². The van der Waals surface area contributed by atoms with Gasteiger partial charge in [0.05, 0.1) is 5.92 Å².